The summed E-state index contributed by atoms with van der Waals surface area (Å²) in [5.74, 6) is 1.16. The van der Waals surface area contributed by atoms with Crippen molar-refractivity contribution in [3.63, 3.8) is 0 Å². The van der Waals surface area contributed by atoms with Crippen molar-refractivity contribution < 1.29 is 9.59 Å². The molecule has 2 heterocycles. The van der Waals surface area contributed by atoms with Crippen LogP contribution in [-0.4, -0.2) is 23.3 Å². The van der Waals surface area contributed by atoms with Crippen molar-refractivity contribution in [2.45, 2.75) is 10.7 Å². The highest BCUT2D eigenvalue weighted by Gasteiger charge is 2.36. The van der Waals surface area contributed by atoms with Gasteiger partial charge in [-0.05, 0) is 35.4 Å². The van der Waals surface area contributed by atoms with Gasteiger partial charge in [0.15, 0.2) is 0 Å². The Morgan fingerprint density at radius 2 is 0.933 bits per heavy atom. The molecule has 0 aliphatic carbocycles. The van der Waals surface area contributed by atoms with Crippen molar-refractivity contribution in [3.05, 3.63) is 96.1 Å². The molecule has 0 bridgehead atoms. The number of rotatable bonds is 4. The van der Waals surface area contributed by atoms with Crippen LogP contribution in [0.4, 0.5) is 11.4 Å². The van der Waals surface area contributed by atoms with Crippen molar-refractivity contribution in [3.8, 4) is 0 Å². The van der Waals surface area contributed by atoms with Gasteiger partial charge in [-0.2, -0.15) is 0 Å². The van der Waals surface area contributed by atoms with Crippen LogP contribution >= 0.6 is 23.5 Å². The molecule has 2 saturated heterocycles. The minimum absolute atomic E-state index is 0.0226. The molecular weight excluding hydrogens is 412 g/mol. The van der Waals surface area contributed by atoms with Gasteiger partial charge in [0.2, 0.25) is 11.8 Å². The van der Waals surface area contributed by atoms with Crippen LogP contribution in [0.1, 0.15) is 21.9 Å². The second kappa shape index (κ2) is 8.20. The van der Waals surface area contributed by atoms with Gasteiger partial charge in [-0.15, -0.1) is 23.5 Å². The Labute approximate surface area is 184 Å². The molecule has 0 aromatic heterocycles. The summed E-state index contributed by atoms with van der Waals surface area (Å²) in [4.78, 5) is 29.0. The molecule has 30 heavy (non-hydrogen) atoms. The van der Waals surface area contributed by atoms with Crippen LogP contribution in [0, 0.1) is 0 Å². The number of carbonyl (C=O) groups is 2. The maximum atomic E-state index is 12.6. The van der Waals surface area contributed by atoms with E-state index in [0.717, 1.165) is 22.5 Å². The lowest BCUT2D eigenvalue weighted by Gasteiger charge is -2.27. The Hall–Kier alpha value is -2.70. The first kappa shape index (κ1) is 19.3. The van der Waals surface area contributed by atoms with Crippen LogP contribution in [0.2, 0.25) is 0 Å². The highest BCUT2D eigenvalue weighted by atomic mass is 32.2. The zero-order valence-electron chi connectivity index (χ0n) is 16.2. The number of anilines is 2. The molecule has 5 rings (SSSR count). The standard InChI is InChI=1S/C24H20N2O2S2/c27-21-15-29-23(17-7-3-1-4-8-17)25(21)19-11-13-20(14-12-19)26-22(28)16-30-24(26)18-9-5-2-6-10-18/h1-14,23-24H,15-16H2/t23-,24-/m0/s1. The van der Waals surface area contributed by atoms with E-state index in [-0.39, 0.29) is 22.6 Å². The summed E-state index contributed by atoms with van der Waals surface area (Å²) >= 11 is 3.29. The summed E-state index contributed by atoms with van der Waals surface area (Å²) in [5.41, 5.74) is 3.96. The molecule has 6 heteroatoms. The SMILES string of the molecule is O=C1CS[C@@H](c2ccccc2)N1c1ccc(N2C(=O)CS[C@H]2c2ccccc2)cc1. The Bertz CT molecular complexity index is 971. The molecule has 3 aromatic carbocycles. The highest BCUT2D eigenvalue weighted by molar-refractivity contribution is 8.01. The average molecular weight is 433 g/mol. The lowest BCUT2D eigenvalue weighted by molar-refractivity contribution is -0.116. The van der Waals surface area contributed by atoms with E-state index in [2.05, 4.69) is 24.3 Å². The number of benzene rings is 3. The third-order valence-corrected chi connectivity index (χ3v) is 7.74. The van der Waals surface area contributed by atoms with E-state index in [9.17, 15) is 9.59 Å². The summed E-state index contributed by atoms with van der Waals surface area (Å²) in [6, 6.07) is 28.0. The fraction of sp³-hybridized carbons (Fsp3) is 0.167. The highest BCUT2D eigenvalue weighted by Crippen LogP contribution is 2.44. The summed E-state index contributed by atoms with van der Waals surface area (Å²) < 4.78 is 0. The van der Waals surface area contributed by atoms with Gasteiger partial charge in [-0.3, -0.25) is 19.4 Å². The van der Waals surface area contributed by atoms with Crippen molar-refractivity contribution in [1.82, 2.24) is 0 Å². The zero-order valence-corrected chi connectivity index (χ0v) is 17.8. The summed E-state index contributed by atoms with van der Waals surface area (Å²) in [6.45, 7) is 0. The van der Waals surface area contributed by atoms with Gasteiger partial charge in [-0.25, -0.2) is 0 Å². The molecule has 0 spiro atoms. The van der Waals surface area contributed by atoms with Gasteiger partial charge in [-0.1, -0.05) is 60.7 Å². The van der Waals surface area contributed by atoms with E-state index in [4.69, 9.17) is 0 Å². The lowest BCUT2D eigenvalue weighted by atomic mass is 10.1. The topological polar surface area (TPSA) is 40.6 Å². The van der Waals surface area contributed by atoms with E-state index >= 15 is 0 Å². The maximum absolute atomic E-state index is 12.6. The Balaban J connectivity index is 1.44. The molecule has 2 atom stereocenters. The molecule has 3 aromatic rings. The molecule has 0 N–H and O–H groups in total. The fourth-order valence-electron chi connectivity index (χ4n) is 3.91. The quantitative estimate of drug-likeness (QED) is 0.565. The Morgan fingerprint density at radius 3 is 1.30 bits per heavy atom. The maximum Gasteiger partial charge on any atom is 0.238 e. The first-order valence-electron chi connectivity index (χ1n) is 9.80. The zero-order chi connectivity index (χ0) is 20.5. The molecule has 0 radical (unpaired) electrons. The number of carbonyl (C=O) groups excluding carboxylic acids is 2. The number of thioether (sulfide) groups is 2. The Kier molecular flexibility index (Phi) is 5.27. The number of nitrogens with zero attached hydrogens (tertiary/aromatic N) is 2. The van der Waals surface area contributed by atoms with Crippen LogP contribution in [-0.2, 0) is 9.59 Å². The number of amides is 2. The largest absolute Gasteiger partial charge is 0.295 e. The van der Waals surface area contributed by atoms with Crippen LogP contribution in [0.15, 0.2) is 84.9 Å². The molecule has 4 nitrogen and oxygen atoms in total. The molecule has 0 saturated carbocycles. The van der Waals surface area contributed by atoms with Gasteiger partial charge in [0.05, 0.1) is 11.5 Å². The average Bonchev–Trinajstić information content (AvgIpc) is 3.38. The first-order chi connectivity index (χ1) is 14.7. The third kappa shape index (κ3) is 3.50. The molecular formula is C24H20N2O2S2. The predicted octanol–water partition coefficient (Wildman–Crippen LogP) is 5.24. The van der Waals surface area contributed by atoms with Gasteiger partial charge >= 0.3 is 0 Å². The lowest BCUT2D eigenvalue weighted by Crippen LogP contribution is -2.29. The minimum atomic E-state index is -0.0226. The van der Waals surface area contributed by atoms with Crippen LogP contribution < -0.4 is 9.80 Å². The van der Waals surface area contributed by atoms with Crippen LogP contribution in [0.3, 0.4) is 0 Å². The summed E-state index contributed by atoms with van der Waals surface area (Å²) in [6.07, 6.45) is 0. The molecule has 2 fully saturated rings. The molecule has 2 amide bonds. The number of hydrogen-bond donors (Lipinski definition) is 0. The van der Waals surface area contributed by atoms with Gasteiger partial charge in [0.1, 0.15) is 10.7 Å². The third-order valence-electron chi connectivity index (χ3n) is 5.31. The van der Waals surface area contributed by atoms with Gasteiger partial charge in [0, 0.05) is 11.4 Å². The second-order valence-electron chi connectivity index (χ2n) is 7.19. The Morgan fingerprint density at radius 1 is 0.567 bits per heavy atom. The van der Waals surface area contributed by atoms with Crippen LogP contribution in [0.25, 0.3) is 0 Å². The second-order valence-corrected chi connectivity index (χ2v) is 9.33. The minimum Gasteiger partial charge on any atom is -0.295 e. The normalized spacial score (nSPS) is 21.5. The van der Waals surface area contributed by atoms with E-state index in [0.29, 0.717) is 11.5 Å². The fourth-order valence-corrected chi connectivity index (χ4v) is 6.26. The van der Waals surface area contributed by atoms with Crippen molar-refractivity contribution in [2.75, 3.05) is 21.3 Å². The van der Waals surface area contributed by atoms with Crippen molar-refractivity contribution >= 4 is 46.7 Å². The van der Waals surface area contributed by atoms with E-state index in [1.165, 1.54) is 0 Å². The van der Waals surface area contributed by atoms with Gasteiger partial charge < -0.3 is 0 Å². The van der Waals surface area contributed by atoms with E-state index in [1.54, 1.807) is 23.5 Å². The summed E-state index contributed by atoms with van der Waals surface area (Å²) in [7, 11) is 0. The van der Waals surface area contributed by atoms with Crippen molar-refractivity contribution in [1.29, 1.82) is 0 Å². The smallest absolute Gasteiger partial charge is 0.238 e. The first-order valence-corrected chi connectivity index (χ1v) is 11.9. The molecule has 150 valence electrons. The van der Waals surface area contributed by atoms with E-state index in [1.807, 2.05) is 70.5 Å². The van der Waals surface area contributed by atoms with Gasteiger partial charge in [0.25, 0.3) is 0 Å². The molecule has 0 unspecified atom stereocenters. The monoisotopic (exact) mass is 432 g/mol. The van der Waals surface area contributed by atoms with Crippen LogP contribution in [0.5, 0.6) is 0 Å². The summed E-state index contributed by atoms with van der Waals surface area (Å²) in [5, 5.41) is -0.0452. The van der Waals surface area contributed by atoms with Crippen molar-refractivity contribution in [2.24, 2.45) is 0 Å². The predicted molar refractivity (Wildman–Crippen MR) is 125 cm³/mol. The molecule has 2 aliphatic heterocycles. The van der Waals surface area contributed by atoms with E-state index < -0.39 is 0 Å². The molecule has 2 aliphatic rings. The number of hydrogen-bond acceptors (Lipinski definition) is 4.